The van der Waals surface area contributed by atoms with E-state index in [9.17, 15) is 22.4 Å². The van der Waals surface area contributed by atoms with E-state index in [1.165, 1.54) is 17.0 Å². The number of hydrogen-bond acceptors (Lipinski definition) is 3. The fourth-order valence-corrected chi connectivity index (χ4v) is 3.98. The molecule has 1 aromatic heterocycles. The van der Waals surface area contributed by atoms with Gasteiger partial charge in [-0.15, -0.1) is 0 Å². The molecule has 9 heteroatoms. The number of carbonyl (C=O) groups is 1. The van der Waals surface area contributed by atoms with Gasteiger partial charge in [0.25, 0.3) is 0 Å². The highest BCUT2D eigenvalue weighted by atomic mass is 19.2. The van der Waals surface area contributed by atoms with Crippen LogP contribution >= 0.6 is 0 Å². The van der Waals surface area contributed by atoms with Gasteiger partial charge in [0.1, 0.15) is 11.6 Å². The Kier molecular flexibility index (Phi) is 5.24. The van der Waals surface area contributed by atoms with Crippen molar-refractivity contribution in [2.24, 2.45) is 0 Å². The standard InChI is InChI=1S/C24H17F4N3O2/c25-16-6-3-13(10-18(16)27)14-4-8-22-20(11-14)30-23(33-22)21-2-1-9-31(21)24(32)29-15-5-7-17(26)19(28)12-15/h3-8,10-12,21H,1-2,9H2,(H,29,32)/t21-/m1/s1. The molecule has 1 atom stereocenters. The van der Waals surface area contributed by atoms with Crippen LogP contribution in [0, 0.1) is 23.3 Å². The van der Waals surface area contributed by atoms with Gasteiger partial charge in [-0.2, -0.15) is 0 Å². The van der Waals surface area contributed by atoms with Crippen molar-refractivity contribution in [2.45, 2.75) is 18.9 Å². The summed E-state index contributed by atoms with van der Waals surface area (Å²) in [6.45, 7) is 0.443. The minimum atomic E-state index is -1.05. The summed E-state index contributed by atoms with van der Waals surface area (Å²) in [6.07, 6.45) is 1.34. The highest BCUT2D eigenvalue weighted by Gasteiger charge is 2.33. The number of urea groups is 1. The average molecular weight is 455 g/mol. The van der Waals surface area contributed by atoms with E-state index in [1.54, 1.807) is 18.2 Å². The number of nitrogens with one attached hydrogen (secondary N) is 1. The van der Waals surface area contributed by atoms with E-state index in [0.717, 1.165) is 24.3 Å². The summed E-state index contributed by atoms with van der Waals surface area (Å²) in [7, 11) is 0. The Morgan fingerprint density at radius 3 is 2.36 bits per heavy atom. The summed E-state index contributed by atoms with van der Waals surface area (Å²) >= 11 is 0. The van der Waals surface area contributed by atoms with Crippen LogP contribution in [0.1, 0.15) is 24.8 Å². The van der Waals surface area contributed by atoms with Crippen LogP contribution in [0.25, 0.3) is 22.2 Å². The fourth-order valence-electron chi connectivity index (χ4n) is 3.98. The lowest BCUT2D eigenvalue weighted by Gasteiger charge is -2.22. The number of aromatic nitrogens is 1. The molecule has 5 rings (SSSR count). The van der Waals surface area contributed by atoms with Crippen molar-refractivity contribution in [3.8, 4) is 11.1 Å². The molecule has 0 aliphatic carbocycles. The number of oxazole rings is 1. The number of anilines is 1. The monoisotopic (exact) mass is 455 g/mol. The second-order valence-electron chi connectivity index (χ2n) is 7.77. The predicted octanol–water partition coefficient (Wildman–Crippen LogP) is 6.42. The highest BCUT2D eigenvalue weighted by molar-refractivity contribution is 5.90. The van der Waals surface area contributed by atoms with Crippen molar-refractivity contribution in [3.63, 3.8) is 0 Å². The molecule has 0 bridgehead atoms. The van der Waals surface area contributed by atoms with E-state index < -0.39 is 35.3 Å². The Labute approximate surface area is 185 Å². The van der Waals surface area contributed by atoms with E-state index in [4.69, 9.17) is 4.42 Å². The zero-order valence-corrected chi connectivity index (χ0v) is 17.1. The molecule has 0 unspecified atom stereocenters. The van der Waals surface area contributed by atoms with E-state index >= 15 is 0 Å². The van der Waals surface area contributed by atoms with Crippen LogP contribution in [0.3, 0.4) is 0 Å². The molecule has 2 heterocycles. The molecule has 0 spiro atoms. The summed E-state index contributed by atoms with van der Waals surface area (Å²) < 4.78 is 59.3. The van der Waals surface area contributed by atoms with E-state index in [0.29, 0.717) is 47.5 Å². The molecule has 1 aliphatic rings. The first-order valence-corrected chi connectivity index (χ1v) is 10.3. The van der Waals surface area contributed by atoms with Crippen molar-refractivity contribution in [1.29, 1.82) is 0 Å². The van der Waals surface area contributed by atoms with E-state index in [-0.39, 0.29) is 5.69 Å². The van der Waals surface area contributed by atoms with Crippen molar-refractivity contribution in [3.05, 3.63) is 83.8 Å². The molecule has 4 aromatic rings. The SMILES string of the molecule is O=C(Nc1ccc(F)c(F)c1)N1CCC[C@@H]1c1nc2cc(-c3ccc(F)c(F)c3)ccc2o1. The number of rotatable bonds is 3. The van der Waals surface area contributed by atoms with Gasteiger partial charge in [0.05, 0.1) is 0 Å². The molecule has 0 saturated carbocycles. The molecule has 1 aliphatic heterocycles. The normalized spacial score (nSPS) is 15.9. The zero-order chi connectivity index (χ0) is 23.1. The molecule has 0 radical (unpaired) electrons. The van der Waals surface area contributed by atoms with Crippen LogP contribution in [-0.4, -0.2) is 22.5 Å². The number of fused-ring (bicyclic) bond motifs is 1. The first kappa shape index (κ1) is 21.0. The van der Waals surface area contributed by atoms with Crippen molar-refractivity contribution in [2.75, 3.05) is 11.9 Å². The molecular weight excluding hydrogens is 438 g/mol. The van der Waals surface area contributed by atoms with Gasteiger partial charge in [0, 0.05) is 18.3 Å². The lowest BCUT2D eigenvalue weighted by molar-refractivity contribution is 0.199. The van der Waals surface area contributed by atoms with E-state index in [2.05, 4.69) is 10.3 Å². The third kappa shape index (κ3) is 4.02. The van der Waals surface area contributed by atoms with Crippen LogP contribution in [0.5, 0.6) is 0 Å². The minimum absolute atomic E-state index is 0.137. The number of benzene rings is 3. The Morgan fingerprint density at radius 2 is 1.61 bits per heavy atom. The predicted molar refractivity (Wildman–Crippen MR) is 113 cm³/mol. The lowest BCUT2D eigenvalue weighted by atomic mass is 10.1. The molecule has 1 saturated heterocycles. The van der Waals surface area contributed by atoms with Crippen molar-refractivity contribution in [1.82, 2.24) is 9.88 Å². The average Bonchev–Trinajstić information content (AvgIpc) is 3.44. The van der Waals surface area contributed by atoms with Gasteiger partial charge in [0.15, 0.2) is 28.9 Å². The number of amides is 2. The van der Waals surface area contributed by atoms with Crippen LogP contribution in [0.2, 0.25) is 0 Å². The number of likely N-dealkylation sites (tertiary alicyclic amines) is 1. The van der Waals surface area contributed by atoms with E-state index in [1.807, 2.05) is 0 Å². The first-order valence-electron chi connectivity index (χ1n) is 10.3. The summed E-state index contributed by atoms with van der Waals surface area (Å²) in [6, 6.07) is 11.0. The largest absolute Gasteiger partial charge is 0.438 e. The summed E-state index contributed by atoms with van der Waals surface area (Å²) in [5.74, 6) is -3.58. The summed E-state index contributed by atoms with van der Waals surface area (Å²) in [5, 5.41) is 2.57. The van der Waals surface area contributed by atoms with Gasteiger partial charge in [-0.1, -0.05) is 12.1 Å². The number of hydrogen-bond donors (Lipinski definition) is 1. The van der Waals surface area contributed by atoms with Gasteiger partial charge in [0.2, 0.25) is 5.89 Å². The maximum Gasteiger partial charge on any atom is 0.322 e. The van der Waals surface area contributed by atoms with Crippen molar-refractivity contribution >= 4 is 22.8 Å². The van der Waals surface area contributed by atoms with Gasteiger partial charge < -0.3 is 14.6 Å². The topological polar surface area (TPSA) is 58.4 Å². The second-order valence-corrected chi connectivity index (χ2v) is 7.77. The van der Waals surface area contributed by atoms with Gasteiger partial charge in [-0.3, -0.25) is 0 Å². The second kappa shape index (κ2) is 8.23. The highest BCUT2D eigenvalue weighted by Crippen LogP contribution is 2.35. The summed E-state index contributed by atoms with van der Waals surface area (Å²) in [5.41, 5.74) is 2.27. The third-order valence-corrected chi connectivity index (χ3v) is 5.63. The maximum absolute atomic E-state index is 13.6. The molecule has 3 aromatic carbocycles. The van der Waals surface area contributed by atoms with Crippen LogP contribution in [0.4, 0.5) is 28.0 Å². The summed E-state index contributed by atoms with van der Waals surface area (Å²) in [4.78, 5) is 18.8. The third-order valence-electron chi connectivity index (χ3n) is 5.63. The van der Waals surface area contributed by atoms with Gasteiger partial charge in [-0.05, 0) is 60.4 Å². The van der Waals surface area contributed by atoms with Crippen LogP contribution in [0.15, 0.2) is 59.0 Å². The van der Waals surface area contributed by atoms with Crippen LogP contribution in [-0.2, 0) is 0 Å². The molecule has 33 heavy (non-hydrogen) atoms. The minimum Gasteiger partial charge on any atom is -0.438 e. The Bertz CT molecular complexity index is 1370. The van der Waals surface area contributed by atoms with Gasteiger partial charge >= 0.3 is 6.03 Å². The molecule has 168 valence electrons. The first-order chi connectivity index (χ1) is 15.9. The molecule has 2 amide bonds. The van der Waals surface area contributed by atoms with Gasteiger partial charge in [-0.25, -0.2) is 27.3 Å². The molecule has 1 fully saturated rings. The maximum atomic E-state index is 13.6. The fraction of sp³-hybridized carbons (Fsp3) is 0.167. The number of nitrogens with zero attached hydrogens (tertiary/aromatic N) is 2. The Morgan fingerprint density at radius 1 is 0.909 bits per heavy atom. The Balaban J connectivity index is 1.39. The van der Waals surface area contributed by atoms with Crippen molar-refractivity contribution < 1.29 is 26.8 Å². The quantitative estimate of drug-likeness (QED) is 0.363. The molecule has 5 nitrogen and oxygen atoms in total. The van der Waals surface area contributed by atoms with Crippen LogP contribution < -0.4 is 5.32 Å². The smallest absolute Gasteiger partial charge is 0.322 e. The lowest BCUT2D eigenvalue weighted by Crippen LogP contribution is -2.34. The molecular formula is C24H17F4N3O2. The number of carbonyl (C=O) groups excluding carboxylic acids is 1. The number of halogens is 4. The zero-order valence-electron chi connectivity index (χ0n) is 17.1. The molecule has 1 N–H and O–H groups in total. The Hall–Kier alpha value is -3.88.